The van der Waals surface area contributed by atoms with Crippen molar-refractivity contribution in [3.63, 3.8) is 0 Å². The standard InChI is InChI=1S/C20H24N2O5/c1-13-17(21-18(27-13)14-3-5-16(25-2)6-4-14)10-22-9-15-7-8-26-12-20(15,11-22)19(23)24/h3-6,15H,7-12H2,1-2H3,(H,23,24)/t15-,20+/m0/s1. The van der Waals surface area contributed by atoms with Crippen molar-refractivity contribution in [1.82, 2.24) is 9.88 Å². The summed E-state index contributed by atoms with van der Waals surface area (Å²) in [7, 11) is 1.63. The molecular weight excluding hydrogens is 348 g/mol. The zero-order chi connectivity index (χ0) is 19.0. The lowest BCUT2D eigenvalue weighted by Crippen LogP contribution is -2.46. The summed E-state index contributed by atoms with van der Waals surface area (Å²) < 4.78 is 16.5. The van der Waals surface area contributed by atoms with Gasteiger partial charge in [-0.1, -0.05) is 0 Å². The number of hydrogen-bond acceptors (Lipinski definition) is 6. The van der Waals surface area contributed by atoms with E-state index in [-0.39, 0.29) is 5.92 Å². The van der Waals surface area contributed by atoms with Gasteiger partial charge >= 0.3 is 5.97 Å². The monoisotopic (exact) mass is 372 g/mol. The first-order valence-electron chi connectivity index (χ1n) is 9.16. The highest BCUT2D eigenvalue weighted by atomic mass is 16.5. The number of aromatic nitrogens is 1. The molecule has 0 bridgehead atoms. The molecule has 1 N–H and O–H groups in total. The van der Waals surface area contributed by atoms with Gasteiger partial charge in [0.05, 0.1) is 19.4 Å². The number of aliphatic carboxylic acids is 1. The number of nitrogens with zero attached hydrogens (tertiary/aromatic N) is 2. The van der Waals surface area contributed by atoms with E-state index in [9.17, 15) is 9.90 Å². The second kappa shape index (κ2) is 6.98. The van der Waals surface area contributed by atoms with E-state index in [4.69, 9.17) is 13.9 Å². The van der Waals surface area contributed by atoms with Gasteiger partial charge in [0.25, 0.3) is 0 Å². The molecule has 2 aromatic rings. The topological polar surface area (TPSA) is 85.0 Å². The summed E-state index contributed by atoms with van der Waals surface area (Å²) in [6.45, 7) is 4.64. The minimum atomic E-state index is -0.797. The van der Waals surface area contributed by atoms with Gasteiger partial charge in [0.2, 0.25) is 5.89 Å². The number of benzene rings is 1. The number of methoxy groups -OCH3 is 1. The number of carbonyl (C=O) groups is 1. The summed E-state index contributed by atoms with van der Waals surface area (Å²) in [6.07, 6.45) is 0.789. The van der Waals surface area contributed by atoms with E-state index in [1.807, 2.05) is 31.2 Å². The number of carboxylic acids is 1. The second-order valence-corrected chi connectivity index (χ2v) is 7.42. The van der Waals surface area contributed by atoms with Crippen molar-refractivity contribution in [3.05, 3.63) is 35.7 Å². The van der Waals surface area contributed by atoms with Crippen molar-refractivity contribution >= 4 is 5.97 Å². The summed E-state index contributed by atoms with van der Waals surface area (Å²) in [5, 5.41) is 9.78. The Labute approximate surface area is 157 Å². The Bertz CT molecular complexity index is 831. The fourth-order valence-corrected chi connectivity index (χ4v) is 4.16. The largest absolute Gasteiger partial charge is 0.497 e. The molecule has 27 heavy (non-hydrogen) atoms. The van der Waals surface area contributed by atoms with Crippen LogP contribution in [0, 0.1) is 18.3 Å². The van der Waals surface area contributed by atoms with E-state index in [0.717, 1.165) is 35.7 Å². The lowest BCUT2D eigenvalue weighted by molar-refractivity contribution is -0.159. The molecule has 7 heteroatoms. The predicted octanol–water partition coefficient (Wildman–Crippen LogP) is 2.58. The minimum absolute atomic E-state index is 0.122. The highest BCUT2D eigenvalue weighted by Crippen LogP contribution is 2.42. The molecule has 2 saturated heterocycles. The lowest BCUT2D eigenvalue weighted by atomic mass is 9.76. The van der Waals surface area contributed by atoms with Gasteiger partial charge in [-0.3, -0.25) is 9.69 Å². The van der Waals surface area contributed by atoms with Crippen molar-refractivity contribution < 1.29 is 23.8 Å². The SMILES string of the molecule is COc1ccc(-c2nc(CN3C[C@@H]4CCOC[C@]4(C(=O)O)C3)c(C)o2)cc1. The maximum atomic E-state index is 11.9. The molecule has 7 nitrogen and oxygen atoms in total. The zero-order valence-electron chi connectivity index (χ0n) is 15.6. The second-order valence-electron chi connectivity index (χ2n) is 7.42. The highest BCUT2D eigenvalue weighted by Gasteiger charge is 2.54. The fraction of sp³-hybridized carbons (Fsp3) is 0.500. The number of aryl methyl sites for hydroxylation is 1. The Balaban J connectivity index is 1.52. The zero-order valence-corrected chi connectivity index (χ0v) is 15.6. The Morgan fingerprint density at radius 1 is 1.41 bits per heavy atom. The van der Waals surface area contributed by atoms with Crippen LogP contribution in [0.15, 0.2) is 28.7 Å². The number of ether oxygens (including phenoxy) is 2. The lowest BCUT2D eigenvalue weighted by Gasteiger charge is -2.34. The summed E-state index contributed by atoms with van der Waals surface area (Å²) in [6, 6.07) is 7.57. The Hall–Kier alpha value is -2.38. The summed E-state index contributed by atoms with van der Waals surface area (Å²) >= 11 is 0. The Morgan fingerprint density at radius 3 is 2.85 bits per heavy atom. The maximum absolute atomic E-state index is 11.9. The summed E-state index contributed by atoms with van der Waals surface area (Å²) in [5.41, 5.74) is 0.936. The van der Waals surface area contributed by atoms with Crippen LogP contribution in [-0.2, 0) is 16.1 Å². The first kappa shape index (κ1) is 18.0. The van der Waals surface area contributed by atoms with Gasteiger partial charge in [-0.05, 0) is 43.5 Å². The maximum Gasteiger partial charge on any atom is 0.313 e. The molecule has 4 rings (SSSR count). The van der Waals surface area contributed by atoms with Crippen LogP contribution in [0.1, 0.15) is 17.9 Å². The van der Waals surface area contributed by atoms with Crippen LogP contribution in [0.5, 0.6) is 5.75 Å². The molecule has 0 aliphatic carbocycles. The molecule has 1 aromatic carbocycles. The van der Waals surface area contributed by atoms with Gasteiger partial charge < -0.3 is 19.0 Å². The van der Waals surface area contributed by atoms with Gasteiger partial charge in [0, 0.05) is 31.8 Å². The molecular formula is C20H24N2O5. The van der Waals surface area contributed by atoms with Crippen LogP contribution in [-0.4, -0.2) is 54.4 Å². The average molecular weight is 372 g/mol. The van der Waals surface area contributed by atoms with E-state index in [0.29, 0.717) is 32.2 Å². The Morgan fingerprint density at radius 2 is 2.19 bits per heavy atom. The fourth-order valence-electron chi connectivity index (χ4n) is 4.16. The van der Waals surface area contributed by atoms with Gasteiger partial charge in [-0.15, -0.1) is 0 Å². The van der Waals surface area contributed by atoms with Crippen LogP contribution >= 0.6 is 0 Å². The summed E-state index contributed by atoms with van der Waals surface area (Å²) in [4.78, 5) is 18.7. The molecule has 2 aliphatic heterocycles. The van der Waals surface area contributed by atoms with Crippen LogP contribution in [0.4, 0.5) is 0 Å². The highest BCUT2D eigenvalue weighted by molar-refractivity contribution is 5.76. The van der Waals surface area contributed by atoms with E-state index < -0.39 is 11.4 Å². The van der Waals surface area contributed by atoms with Crippen LogP contribution < -0.4 is 4.74 Å². The molecule has 0 amide bonds. The van der Waals surface area contributed by atoms with E-state index in [1.54, 1.807) is 7.11 Å². The van der Waals surface area contributed by atoms with Gasteiger partial charge in [-0.25, -0.2) is 4.98 Å². The van der Waals surface area contributed by atoms with Crippen molar-refractivity contribution in [1.29, 1.82) is 0 Å². The van der Waals surface area contributed by atoms with Gasteiger partial charge in [0.15, 0.2) is 0 Å². The van der Waals surface area contributed by atoms with Crippen molar-refractivity contribution in [2.45, 2.75) is 19.9 Å². The van der Waals surface area contributed by atoms with Gasteiger partial charge in [-0.2, -0.15) is 0 Å². The molecule has 2 fully saturated rings. The first-order valence-corrected chi connectivity index (χ1v) is 9.16. The number of oxazole rings is 1. The molecule has 3 heterocycles. The molecule has 0 unspecified atom stereocenters. The molecule has 2 atom stereocenters. The molecule has 0 radical (unpaired) electrons. The molecule has 0 saturated carbocycles. The quantitative estimate of drug-likeness (QED) is 0.863. The Kier molecular flexibility index (Phi) is 4.65. The smallest absolute Gasteiger partial charge is 0.313 e. The first-order chi connectivity index (χ1) is 13.0. The molecule has 1 aromatic heterocycles. The van der Waals surface area contributed by atoms with Crippen molar-refractivity contribution in [3.8, 4) is 17.2 Å². The predicted molar refractivity (Wildman–Crippen MR) is 97.5 cm³/mol. The minimum Gasteiger partial charge on any atom is -0.497 e. The average Bonchev–Trinajstić information content (AvgIpc) is 3.23. The van der Waals surface area contributed by atoms with Crippen LogP contribution in [0.3, 0.4) is 0 Å². The normalized spacial score (nSPS) is 25.3. The van der Waals surface area contributed by atoms with Crippen LogP contribution in [0.2, 0.25) is 0 Å². The number of carboxylic acid groups (broad SMARTS) is 1. The third-order valence-electron chi connectivity index (χ3n) is 5.77. The summed E-state index contributed by atoms with van der Waals surface area (Å²) in [5.74, 6) is 1.47. The molecule has 144 valence electrons. The van der Waals surface area contributed by atoms with Crippen LogP contribution in [0.25, 0.3) is 11.5 Å². The number of fused-ring (bicyclic) bond motifs is 1. The van der Waals surface area contributed by atoms with E-state index in [1.165, 1.54) is 0 Å². The third kappa shape index (κ3) is 3.21. The number of likely N-dealkylation sites (tertiary alicyclic amines) is 1. The molecule has 2 aliphatic rings. The van der Waals surface area contributed by atoms with Crippen molar-refractivity contribution in [2.24, 2.45) is 11.3 Å². The number of hydrogen-bond donors (Lipinski definition) is 1. The van der Waals surface area contributed by atoms with Crippen molar-refractivity contribution in [2.75, 3.05) is 33.4 Å². The third-order valence-corrected chi connectivity index (χ3v) is 5.77. The van der Waals surface area contributed by atoms with E-state index in [2.05, 4.69) is 9.88 Å². The number of rotatable bonds is 5. The van der Waals surface area contributed by atoms with E-state index >= 15 is 0 Å². The van der Waals surface area contributed by atoms with Gasteiger partial charge in [0.1, 0.15) is 16.9 Å². The molecule has 0 spiro atoms.